The molecule has 2 aromatic heterocycles. The molecule has 2 fully saturated rings. The second-order valence-corrected chi connectivity index (χ2v) is 11.8. The molecular formula is C29H38N6O4. The Bertz CT molecular complexity index is 1290. The molecule has 0 radical (unpaired) electrons. The smallest absolute Gasteiger partial charge is 0.270 e. The number of fused-ring (bicyclic) bond motifs is 3. The molecular weight excluding hydrogens is 496 g/mol. The van der Waals surface area contributed by atoms with E-state index < -0.39 is 11.5 Å². The fourth-order valence-corrected chi connectivity index (χ4v) is 6.98. The third kappa shape index (κ3) is 4.73. The summed E-state index contributed by atoms with van der Waals surface area (Å²) in [5.74, 6) is 0.452. The van der Waals surface area contributed by atoms with Gasteiger partial charge in [0.2, 0.25) is 11.8 Å². The van der Waals surface area contributed by atoms with Crippen LogP contribution in [0.2, 0.25) is 0 Å². The predicted octanol–water partition coefficient (Wildman–Crippen LogP) is 3.26. The van der Waals surface area contributed by atoms with Gasteiger partial charge in [0, 0.05) is 43.7 Å². The highest BCUT2D eigenvalue weighted by atomic mass is 16.5. The Morgan fingerprint density at radius 2 is 1.90 bits per heavy atom. The Morgan fingerprint density at radius 3 is 2.67 bits per heavy atom. The first kappa shape index (κ1) is 26.0. The quantitative estimate of drug-likeness (QED) is 0.540. The van der Waals surface area contributed by atoms with Crippen molar-refractivity contribution in [1.82, 2.24) is 20.1 Å². The van der Waals surface area contributed by atoms with E-state index in [2.05, 4.69) is 33.0 Å². The number of hydrogen-bond donors (Lipinski definition) is 3. The van der Waals surface area contributed by atoms with Gasteiger partial charge in [0.15, 0.2) is 0 Å². The van der Waals surface area contributed by atoms with Crippen molar-refractivity contribution in [3.8, 4) is 0 Å². The lowest BCUT2D eigenvalue weighted by atomic mass is 9.76. The number of pyridine rings is 1. The molecule has 4 aliphatic rings. The molecule has 1 atom stereocenters. The maximum absolute atomic E-state index is 13.7. The van der Waals surface area contributed by atoms with Crippen molar-refractivity contribution in [2.24, 2.45) is 18.9 Å². The van der Waals surface area contributed by atoms with Gasteiger partial charge in [0.1, 0.15) is 17.6 Å². The van der Waals surface area contributed by atoms with E-state index in [9.17, 15) is 14.4 Å². The van der Waals surface area contributed by atoms with Crippen LogP contribution in [0.5, 0.6) is 0 Å². The summed E-state index contributed by atoms with van der Waals surface area (Å²) in [6, 6.07) is 1.04. The fourth-order valence-electron chi connectivity index (χ4n) is 6.98. The van der Waals surface area contributed by atoms with E-state index in [1.165, 1.54) is 0 Å². The average molecular weight is 535 g/mol. The largest absolute Gasteiger partial charge is 0.381 e. The van der Waals surface area contributed by atoms with Gasteiger partial charge >= 0.3 is 0 Å². The summed E-state index contributed by atoms with van der Waals surface area (Å²) in [7, 11) is 1.80. The molecule has 0 aromatic carbocycles. The molecule has 1 saturated carbocycles. The second-order valence-electron chi connectivity index (χ2n) is 11.8. The number of aryl methyl sites for hydroxylation is 2. The first-order valence-electron chi connectivity index (χ1n) is 14.4. The number of aromatic nitrogens is 3. The minimum absolute atomic E-state index is 0.0351. The molecule has 4 heterocycles. The van der Waals surface area contributed by atoms with E-state index in [4.69, 9.17) is 4.74 Å². The summed E-state index contributed by atoms with van der Waals surface area (Å²) in [4.78, 5) is 44.8. The van der Waals surface area contributed by atoms with Crippen LogP contribution < -0.4 is 16.0 Å². The number of amides is 3. The number of nitrogens with zero attached hydrogens (tertiary/aromatic N) is 3. The van der Waals surface area contributed by atoms with Crippen LogP contribution in [0, 0.1) is 11.8 Å². The average Bonchev–Trinajstić information content (AvgIpc) is 3.40. The molecule has 6 rings (SSSR count). The standard InChI is InChI=1S/C29H38N6O4/c1-17-7-9-18(10-8-17)24(33-27(37)25-19-5-3-4-6-21(19)34-35(25)2)26(36)32-23-15-22-20(16-30-23)29(28(38)31-22)11-13-39-14-12-29/h15-18,24H,3-14H2,1-2H3,(H,31,38)(H,33,37)(H,30,32,36)/t17?,18?,24-/m0/s1. The summed E-state index contributed by atoms with van der Waals surface area (Å²) < 4.78 is 7.15. The number of carbonyl (C=O) groups is 3. The number of anilines is 2. The molecule has 39 heavy (non-hydrogen) atoms. The van der Waals surface area contributed by atoms with Crippen LogP contribution in [0.25, 0.3) is 0 Å². The van der Waals surface area contributed by atoms with Crippen LogP contribution in [-0.4, -0.2) is 51.7 Å². The van der Waals surface area contributed by atoms with Gasteiger partial charge in [-0.3, -0.25) is 19.1 Å². The summed E-state index contributed by atoms with van der Waals surface area (Å²) in [6.07, 6.45) is 10.6. The first-order valence-corrected chi connectivity index (χ1v) is 14.4. The molecule has 0 unspecified atom stereocenters. The summed E-state index contributed by atoms with van der Waals surface area (Å²) >= 11 is 0. The zero-order valence-corrected chi connectivity index (χ0v) is 22.8. The van der Waals surface area contributed by atoms with Crippen molar-refractivity contribution in [2.45, 2.75) is 82.6 Å². The molecule has 208 valence electrons. The zero-order chi connectivity index (χ0) is 27.1. The summed E-state index contributed by atoms with van der Waals surface area (Å²) in [5, 5.41) is 13.6. The van der Waals surface area contributed by atoms with Crippen molar-refractivity contribution < 1.29 is 19.1 Å². The van der Waals surface area contributed by atoms with Crippen molar-refractivity contribution in [3.63, 3.8) is 0 Å². The lowest BCUT2D eigenvalue weighted by Gasteiger charge is -2.32. The molecule has 2 aromatic rings. The predicted molar refractivity (Wildman–Crippen MR) is 145 cm³/mol. The maximum Gasteiger partial charge on any atom is 0.270 e. The highest BCUT2D eigenvalue weighted by molar-refractivity contribution is 6.07. The van der Waals surface area contributed by atoms with E-state index in [1.807, 2.05) is 0 Å². The molecule has 10 heteroatoms. The van der Waals surface area contributed by atoms with Crippen LogP contribution in [0.3, 0.4) is 0 Å². The lowest BCUT2D eigenvalue weighted by molar-refractivity contribution is -0.124. The molecule has 1 saturated heterocycles. The Hall–Kier alpha value is -3.27. The van der Waals surface area contributed by atoms with Gasteiger partial charge in [0.25, 0.3) is 5.91 Å². The number of ether oxygens (including phenoxy) is 1. The molecule has 10 nitrogen and oxygen atoms in total. The highest BCUT2D eigenvalue weighted by Crippen LogP contribution is 2.44. The van der Waals surface area contributed by atoms with Crippen LogP contribution in [0.4, 0.5) is 11.5 Å². The van der Waals surface area contributed by atoms with Crippen molar-refractivity contribution >= 4 is 29.2 Å². The van der Waals surface area contributed by atoms with Gasteiger partial charge in [-0.2, -0.15) is 5.10 Å². The summed E-state index contributed by atoms with van der Waals surface area (Å²) in [5.41, 5.74) is 3.50. The number of hydrogen-bond acceptors (Lipinski definition) is 6. The minimum atomic E-state index is -0.689. The highest BCUT2D eigenvalue weighted by Gasteiger charge is 2.48. The van der Waals surface area contributed by atoms with Gasteiger partial charge in [-0.05, 0) is 63.2 Å². The molecule has 3 amide bonds. The van der Waals surface area contributed by atoms with Crippen molar-refractivity contribution in [1.29, 1.82) is 0 Å². The van der Waals surface area contributed by atoms with Crippen molar-refractivity contribution in [3.05, 3.63) is 34.8 Å². The number of rotatable bonds is 5. The first-order chi connectivity index (χ1) is 18.9. The van der Waals surface area contributed by atoms with Gasteiger partial charge < -0.3 is 20.7 Å². The number of nitrogens with one attached hydrogen (secondary N) is 3. The van der Waals surface area contributed by atoms with Crippen LogP contribution in [0.1, 0.15) is 85.6 Å². The van der Waals surface area contributed by atoms with Gasteiger partial charge in [-0.25, -0.2) is 4.98 Å². The lowest BCUT2D eigenvalue weighted by Crippen LogP contribution is -2.50. The third-order valence-corrected chi connectivity index (χ3v) is 9.33. The minimum Gasteiger partial charge on any atom is -0.381 e. The second kappa shape index (κ2) is 10.4. The van der Waals surface area contributed by atoms with Crippen LogP contribution in [-0.2, 0) is 39.6 Å². The monoisotopic (exact) mass is 534 g/mol. The zero-order valence-electron chi connectivity index (χ0n) is 22.8. The molecule has 1 spiro atoms. The Kier molecular flexibility index (Phi) is 6.91. The molecule has 2 aliphatic carbocycles. The normalized spacial score (nSPS) is 24.4. The van der Waals surface area contributed by atoms with E-state index in [1.54, 1.807) is 24.0 Å². The van der Waals surface area contributed by atoms with Gasteiger partial charge in [0.05, 0.1) is 16.8 Å². The van der Waals surface area contributed by atoms with Gasteiger partial charge in [-0.15, -0.1) is 0 Å². The number of carbonyl (C=O) groups excluding carboxylic acids is 3. The Labute approximate surface area is 228 Å². The SMILES string of the molecule is CC1CCC([C@H](NC(=O)c2c3c(nn2C)CCCC3)C(=O)Nc2cc3c(cn2)C2(CCOCC2)C(=O)N3)CC1. The summed E-state index contributed by atoms with van der Waals surface area (Å²) in [6.45, 7) is 3.30. The Morgan fingerprint density at radius 1 is 1.15 bits per heavy atom. The van der Waals surface area contributed by atoms with E-state index in [-0.39, 0.29) is 23.6 Å². The third-order valence-electron chi connectivity index (χ3n) is 9.33. The van der Waals surface area contributed by atoms with E-state index >= 15 is 0 Å². The molecule has 2 aliphatic heterocycles. The van der Waals surface area contributed by atoms with E-state index in [0.29, 0.717) is 49.2 Å². The Balaban J connectivity index is 1.23. The topological polar surface area (TPSA) is 127 Å². The molecule has 0 bridgehead atoms. The fraction of sp³-hybridized carbons (Fsp3) is 0.621. The maximum atomic E-state index is 13.7. The van der Waals surface area contributed by atoms with Crippen LogP contribution in [0.15, 0.2) is 12.3 Å². The van der Waals surface area contributed by atoms with Crippen molar-refractivity contribution in [2.75, 3.05) is 23.8 Å². The molecule has 3 N–H and O–H groups in total. The van der Waals surface area contributed by atoms with Gasteiger partial charge in [-0.1, -0.05) is 19.8 Å². The van der Waals surface area contributed by atoms with Crippen LogP contribution >= 0.6 is 0 Å². The van der Waals surface area contributed by atoms with E-state index in [0.717, 1.165) is 68.2 Å².